The van der Waals surface area contributed by atoms with Gasteiger partial charge in [-0.3, -0.25) is 4.79 Å². The largest absolute Gasteiger partial charge is 0.481 e. The van der Waals surface area contributed by atoms with Crippen LogP contribution in [0.2, 0.25) is 5.02 Å². The molecule has 1 heterocycles. The Morgan fingerprint density at radius 3 is 2.41 bits per heavy atom. The van der Waals surface area contributed by atoms with Gasteiger partial charge < -0.3 is 14.4 Å². The Morgan fingerprint density at radius 2 is 1.77 bits per heavy atom. The molecular weight excluding hydrogens is 536 g/mol. The summed E-state index contributed by atoms with van der Waals surface area (Å²) in [6.45, 7) is 6.39. The van der Waals surface area contributed by atoms with Gasteiger partial charge in [-0.15, -0.1) is 5.92 Å². The fourth-order valence-corrected chi connectivity index (χ4v) is 5.77. The van der Waals surface area contributed by atoms with Gasteiger partial charge in [-0.05, 0) is 74.4 Å². The fraction of sp³-hybridized carbons (Fsp3) is 0.233. The molecule has 0 aliphatic heterocycles. The summed E-state index contributed by atoms with van der Waals surface area (Å²) in [5, 5.41) is 11.3. The first kappa shape index (κ1) is 28.2. The zero-order chi connectivity index (χ0) is 28.2. The summed E-state index contributed by atoms with van der Waals surface area (Å²) in [6, 6.07) is 18.0. The molecular formula is C30H29ClN2O5S. The fourth-order valence-electron chi connectivity index (χ4n) is 4.41. The van der Waals surface area contributed by atoms with Gasteiger partial charge in [-0.25, -0.2) is 8.42 Å². The van der Waals surface area contributed by atoms with Crippen LogP contribution in [-0.2, 0) is 27.8 Å². The van der Waals surface area contributed by atoms with Crippen LogP contribution < -0.4 is 9.46 Å². The molecule has 1 aromatic heterocycles. The van der Waals surface area contributed by atoms with Gasteiger partial charge in [-0.1, -0.05) is 47.4 Å². The molecule has 39 heavy (non-hydrogen) atoms. The Bertz CT molecular complexity index is 1670. The number of nitrogens with one attached hydrogen (secondary N) is 1. The number of carboxylic acids is 1. The van der Waals surface area contributed by atoms with Gasteiger partial charge in [0, 0.05) is 34.6 Å². The molecule has 3 aromatic carbocycles. The van der Waals surface area contributed by atoms with Crippen molar-refractivity contribution in [3.63, 3.8) is 0 Å². The average Bonchev–Trinajstić information content (AvgIpc) is 3.15. The van der Waals surface area contributed by atoms with E-state index in [0.717, 1.165) is 33.3 Å². The predicted molar refractivity (Wildman–Crippen MR) is 153 cm³/mol. The minimum absolute atomic E-state index is 0.0605. The van der Waals surface area contributed by atoms with Crippen LogP contribution in [0.15, 0.2) is 71.6 Å². The molecule has 0 bridgehead atoms. The van der Waals surface area contributed by atoms with Crippen LogP contribution in [0.25, 0.3) is 10.9 Å². The maximum Gasteiger partial charge on any atom is 0.322 e. The molecule has 0 aliphatic rings. The van der Waals surface area contributed by atoms with E-state index in [9.17, 15) is 18.3 Å². The number of aryl methyl sites for hydroxylation is 1. The molecule has 4 rings (SSSR count). The number of benzene rings is 3. The molecule has 1 atom stereocenters. The molecule has 0 fully saturated rings. The number of carbonyl (C=O) groups is 1. The highest BCUT2D eigenvalue weighted by Gasteiger charge is 2.28. The number of hydrogen-bond acceptors (Lipinski definition) is 4. The molecule has 4 aromatic rings. The van der Waals surface area contributed by atoms with Crippen molar-refractivity contribution in [3.8, 4) is 17.6 Å². The van der Waals surface area contributed by atoms with E-state index in [1.165, 1.54) is 24.3 Å². The second-order valence-electron chi connectivity index (χ2n) is 9.20. The van der Waals surface area contributed by atoms with Crippen LogP contribution >= 0.6 is 11.6 Å². The second-order valence-corrected chi connectivity index (χ2v) is 11.4. The lowest BCUT2D eigenvalue weighted by Crippen LogP contribution is -2.42. The number of aliphatic carboxylic acids is 1. The van der Waals surface area contributed by atoms with Gasteiger partial charge in [-0.2, -0.15) is 4.72 Å². The topological polar surface area (TPSA) is 97.6 Å². The number of halogens is 1. The van der Waals surface area contributed by atoms with E-state index in [2.05, 4.69) is 33.3 Å². The summed E-state index contributed by atoms with van der Waals surface area (Å²) in [5.41, 5.74) is 4.70. The molecule has 9 heteroatoms. The molecule has 0 unspecified atom stereocenters. The van der Waals surface area contributed by atoms with Crippen LogP contribution in [0.3, 0.4) is 0 Å². The summed E-state index contributed by atoms with van der Waals surface area (Å²) in [7, 11) is -4.13. The van der Waals surface area contributed by atoms with Gasteiger partial charge >= 0.3 is 5.97 Å². The van der Waals surface area contributed by atoms with Crippen LogP contribution in [0.1, 0.15) is 29.3 Å². The molecule has 202 valence electrons. The number of aromatic nitrogens is 1. The monoisotopic (exact) mass is 564 g/mol. The van der Waals surface area contributed by atoms with E-state index in [0.29, 0.717) is 17.3 Å². The van der Waals surface area contributed by atoms with Crippen molar-refractivity contribution in [2.24, 2.45) is 0 Å². The third-order valence-corrected chi connectivity index (χ3v) is 8.23. The third kappa shape index (κ3) is 6.63. The van der Waals surface area contributed by atoms with Crippen LogP contribution in [0, 0.1) is 25.7 Å². The second kappa shape index (κ2) is 12.0. The van der Waals surface area contributed by atoms with Gasteiger partial charge in [0.1, 0.15) is 18.4 Å². The van der Waals surface area contributed by atoms with Gasteiger partial charge in [0.15, 0.2) is 0 Å². The lowest BCUT2D eigenvalue weighted by Gasteiger charge is -2.16. The number of nitrogens with zero attached hydrogens (tertiary/aromatic N) is 1. The van der Waals surface area contributed by atoms with Crippen molar-refractivity contribution >= 4 is 38.5 Å². The molecule has 0 amide bonds. The molecule has 0 aliphatic carbocycles. The molecule has 0 saturated carbocycles. The third-order valence-electron chi connectivity index (χ3n) is 6.50. The van der Waals surface area contributed by atoms with E-state index in [-0.39, 0.29) is 17.9 Å². The Hall–Kier alpha value is -3.77. The number of hydrogen-bond donors (Lipinski definition) is 2. The molecule has 0 spiro atoms. The average molecular weight is 565 g/mol. The normalized spacial score (nSPS) is 12.1. The Balaban J connectivity index is 1.64. The molecule has 7 nitrogen and oxygen atoms in total. The minimum atomic E-state index is -4.13. The van der Waals surface area contributed by atoms with Crippen molar-refractivity contribution in [1.82, 2.24) is 9.29 Å². The van der Waals surface area contributed by atoms with E-state index >= 15 is 0 Å². The van der Waals surface area contributed by atoms with Crippen molar-refractivity contribution < 1.29 is 23.1 Å². The van der Waals surface area contributed by atoms with Gasteiger partial charge in [0.05, 0.1) is 4.90 Å². The number of sulfonamides is 1. The number of carboxylic acid groups (broad SMARTS) is 1. The highest BCUT2D eigenvalue weighted by Crippen LogP contribution is 2.31. The lowest BCUT2D eigenvalue weighted by molar-refractivity contribution is -0.138. The summed E-state index contributed by atoms with van der Waals surface area (Å²) >= 11 is 6.31. The lowest BCUT2D eigenvalue weighted by atomic mass is 10.0. The number of fused-ring (bicyclic) bond motifs is 1. The van der Waals surface area contributed by atoms with Crippen LogP contribution in [-0.4, -0.2) is 36.7 Å². The van der Waals surface area contributed by atoms with E-state index in [1.54, 1.807) is 19.1 Å². The minimum Gasteiger partial charge on any atom is -0.481 e. The van der Waals surface area contributed by atoms with E-state index in [4.69, 9.17) is 16.3 Å². The quantitative estimate of drug-likeness (QED) is 0.254. The Labute approximate surface area is 233 Å². The summed E-state index contributed by atoms with van der Waals surface area (Å²) < 4.78 is 36.1. The van der Waals surface area contributed by atoms with Crippen molar-refractivity contribution in [1.29, 1.82) is 0 Å². The highest BCUT2D eigenvalue weighted by atomic mass is 35.5. The van der Waals surface area contributed by atoms with Crippen molar-refractivity contribution in [2.45, 2.75) is 44.7 Å². The zero-order valence-electron chi connectivity index (χ0n) is 21.9. The number of rotatable bonds is 10. The summed E-state index contributed by atoms with van der Waals surface area (Å²) in [5.74, 6) is 4.66. The molecule has 2 N–H and O–H groups in total. The van der Waals surface area contributed by atoms with Crippen LogP contribution in [0.5, 0.6) is 5.75 Å². The maximum absolute atomic E-state index is 13.1. The van der Waals surface area contributed by atoms with Crippen molar-refractivity contribution in [3.05, 3.63) is 94.1 Å². The SMILES string of the molecule is CC#CCOc1ccc(S(=O)(=O)N[C@@H](Cc2c(C)n(Cc3ccc(C)cc3)c3ccc(Cl)cc23)C(=O)O)cc1. The zero-order valence-corrected chi connectivity index (χ0v) is 23.4. The van der Waals surface area contributed by atoms with Crippen molar-refractivity contribution in [2.75, 3.05) is 6.61 Å². The summed E-state index contributed by atoms with van der Waals surface area (Å²) in [6.07, 6.45) is -0.0605. The van der Waals surface area contributed by atoms with Gasteiger partial charge in [0.25, 0.3) is 0 Å². The predicted octanol–water partition coefficient (Wildman–Crippen LogP) is 5.34. The smallest absolute Gasteiger partial charge is 0.322 e. The van der Waals surface area contributed by atoms with Gasteiger partial charge in [0.2, 0.25) is 10.0 Å². The first-order chi connectivity index (χ1) is 18.6. The first-order valence-corrected chi connectivity index (χ1v) is 14.2. The highest BCUT2D eigenvalue weighted by molar-refractivity contribution is 7.89. The van der Waals surface area contributed by atoms with E-state index in [1.807, 2.05) is 32.0 Å². The summed E-state index contributed by atoms with van der Waals surface area (Å²) in [4.78, 5) is 12.2. The molecule has 0 radical (unpaired) electrons. The van der Waals surface area contributed by atoms with Crippen LogP contribution in [0.4, 0.5) is 0 Å². The first-order valence-electron chi connectivity index (χ1n) is 12.3. The van der Waals surface area contributed by atoms with E-state index < -0.39 is 22.0 Å². The maximum atomic E-state index is 13.1. The number of ether oxygens (including phenoxy) is 1. The Kier molecular flexibility index (Phi) is 8.66. The standard InChI is InChI=1S/C30H29ClN2O5S/c1-4-5-16-38-24-11-13-25(14-12-24)39(36,37)32-28(30(34)35)18-26-21(3)33(19-22-8-6-20(2)7-9-22)29-15-10-23(31)17-27(26)29/h6-15,17,28,32H,16,18-19H2,1-3H3,(H,34,35)/t28-/m0/s1. The Morgan fingerprint density at radius 1 is 1.08 bits per heavy atom. The molecule has 0 saturated heterocycles.